The topological polar surface area (TPSA) is 41.8 Å². The third kappa shape index (κ3) is 1.78. The molecule has 0 atom stereocenters. The Morgan fingerprint density at radius 3 is 2.94 bits per heavy atom. The van der Waals surface area contributed by atoms with Crippen molar-refractivity contribution in [3.05, 3.63) is 34.4 Å². The van der Waals surface area contributed by atoms with E-state index in [2.05, 4.69) is 39.1 Å². The number of nitrogens with two attached hydrogens (primary N) is 1. The van der Waals surface area contributed by atoms with Crippen molar-refractivity contribution in [2.24, 2.45) is 5.73 Å². The van der Waals surface area contributed by atoms with Gasteiger partial charge in [0, 0.05) is 27.1 Å². The van der Waals surface area contributed by atoms with Gasteiger partial charge in [-0.2, -0.15) is 0 Å². The molecule has 3 N–H and O–H groups in total. The lowest BCUT2D eigenvalue weighted by Gasteiger charge is -2.09. The van der Waals surface area contributed by atoms with Crippen molar-refractivity contribution in [1.29, 1.82) is 0 Å². The molecule has 16 heavy (non-hydrogen) atoms. The summed E-state index contributed by atoms with van der Waals surface area (Å²) < 4.78 is 1.15. The number of hydrogen-bond donors (Lipinski definition) is 2. The third-order valence-corrected chi connectivity index (χ3v) is 4.15. The van der Waals surface area contributed by atoms with E-state index in [0.29, 0.717) is 0 Å². The van der Waals surface area contributed by atoms with Gasteiger partial charge in [-0.05, 0) is 53.2 Å². The Morgan fingerprint density at radius 1 is 1.38 bits per heavy atom. The fourth-order valence-electron chi connectivity index (χ4n) is 2.22. The van der Waals surface area contributed by atoms with Crippen LogP contribution in [0.15, 0.2) is 28.9 Å². The van der Waals surface area contributed by atoms with Gasteiger partial charge in [0.05, 0.1) is 0 Å². The van der Waals surface area contributed by atoms with Crippen LogP contribution in [0.5, 0.6) is 0 Å². The highest BCUT2D eigenvalue weighted by molar-refractivity contribution is 9.10. The molecule has 1 fully saturated rings. The summed E-state index contributed by atoms with van der Waals surface area (Å²) in [6.07, 6.45) is 6.56. The van der Waals surface area contributed by atoms with Crippen molar-refractivity contribution < 1.29 is 0 Å². The lowest BCUT2D eigenvalue weighted by molar-refractivity contribution is 0.610. The van der Waals surface area contributed by atoms with Gasteiger partial charge in [0.2, 0.25) is 0 Å². The van der Waals surface area contributed by atoms with E-state index < -0.39 is 0 Å². The van der Waals surface area contributed by atoms with Crippen molar-refractivity contribution >= 4 is 26.8 Å². The third-order valence-electron chi connectivity index (χ3n) is 3.53. The summed E-state index contributed by atoms with van der Waals surface area (Å²) in [7, 11) is 0. The van der Waals surface area contributed by atoms with Crippen LogP contribution >= 0.6 is 15.9 Å². The number of benzene rings is 1. The average Bonchev–Trinajstić information content (AvgIpc) is 2.90. The fraction of sp³-hybridized carbons (Fsp3) is 0.385. The van der Waals surface area contributed by atoms with Crippen molar-refractivity contribution in [1.82, 2.24) is 4.98 Å². The van der Waals surface area contributed by atoms with Crippen LogP contribution in [0.4, 0.5) is 0 Å². The van der Waals surface area contributed by atoms with Gasteiger partial charge < -0.3 is 10.7 Å². The van der Waals surface area contributed by atoms with Gasteiger partial charge in [-0.15, -0.1) is 0 Å². The van der Waals surface area contributed by atoms with Gasteiger partial charge in [0.1, 0.15) is 0 Å². The lowest BCUT2D eigenvalue weighted by Crippen LogP contribution is -2.22. The van der Waals surface area contributed by atoms with Crippen molar-refractivity contribution in [3.63, 3.8) is 0 Å². The van der Waals surface area contributed by atoms with E-state index in [1.54, 1.807) is 0 Å². The molecule has 1 aromatic heterocycles. The minimum atomic E-state index is 0.144. The molecule has 0 spiro atoms. The van der Waals surface area contributed by atoms with Gasteiger partial charge in [0.25, 0.3) is 0 Å². The predicted molar refractivity (Wildman–Crippen MR) is 70.5 cm³/mol. The van der Waals surface area contributed by atoms with Gasteiger partial charge in [0.15, 0.2) is 0 Å². The highest BCUT2D eigenvalue weighted by Crippen LogP contribution is 2.37. The van der Waals surface area contributed by atoms with Crippen molar-refractivity contribution in [3.8, 4) is 0 Å². The molecule has 0 saturated heterocycles. The molecular weight excluding hydrogens is 264 g/mol. The Bertz CT molecular complexity index is 526. The van der Waals surface area contributed by atoms with E-state index in [1.165, 1.54) is 29.3 Å². The standard InChI is InChI=1S/C13H15BrN2/c14-10-8-16-11-3-1-2-9(12(10)11)4-5-13(15)6-7-13/h1-3,8,16H,4-7,15H2. The van der Waals surface area contributed by atoms with Crippen molar-refractivity contribution in [2.75, 3.05) is 0 Å². The lowest BCUT2D eigenvalue weighted by atomic mass is 10.0. The minimum absolute atomic E-state index is 0.144. The summed E-state index contributed by atoms with van der Waals surface area (Å²) in [5, 5.41) is 1.31. The molecule has 0 aliphatic heterocycles. The highest BCUT2D eigenvalue weighted by Gasteiger charge is 2.37. The highest BCUT2D eigenvalue weighted by atomic mass is 79.9. The molecule has 0 unspecified atom stereocenters. The van der Waals surface area contributed by atoms with Gasteiger partial charge >= 0.3 is 0 Å². The Hall–Kier alpha value is -0.800. The summed E-state index contributed by atoms with van der Waals surface area (Å²) in [5.41, 5.74) is 8.87. The Morgan fingerprint density at radius 2 is 2.19 bits per heavy atom. The van der Waals surface area contributed by atoms with E-state index >= 15 is 0 Å². The number of halogens is 1. The maximum absolute atomic E-state index is 6.13. The Kier molecular flexibility index (Phi) is 2.33. The predicted octanol–water partition coefficient (Wildman–Crippen LogP) is 3.35. The summed E-state index contributed by atoms with van der Waals surface area (Å²) >= 11 is 3.59. The normalized spacial score (nSPS) is 17.9. The van der Waals surface area contributed by atoms with E-state index in [1.807, 2.05) is 6.20 Å². The number of hydrogen-bond acceptors (Lipinski definition) is 1. The first-order valence-electron chi connectivity index (χ1n) is 5.71. The van der Waals surface area contributed by atoms with E-state index in [0.717, 1.165) is 17.3 Å². The zero-order chi connectivity index (χ0) is 11.2. The maximum Gasteiger partial charge on any atom is 0.0468 e. The molecule has 1 aliphatic rings. The first-order chi connectivity index (χ1) is 7.68. The Balaban J connectivity index is 1.93. The molecule has 1 heterocycles. The molecule has 1 aliphatic carbocycles. The minimum Gasteiger partial charge on any atom is -0.360 e. The molecule has 2 nitrogen and oxygen atoms in total. The number of rotatable bonds is 3. The van der Waals surface area contributed by atoms with Crippen LogP contribution in [0.1, 0.15) is 24.8 Å². The van der Waals surface area contributed by atoms with Gasteiger partial charge in [-0.3, -0.25) is 0 Å². The van der Waals surface area contributed by atoms with Crippen molar-refractivity contribution in [2.45, 2.75) is 31.2 Å². The molecule has 2 aromatic rings. The maximum atomic E-state index is 6.13. The summed E-state index contributed by atoms with van der Waals surface area (Å²) in [6.45, 7) is 0. The van der Waals surface area contributed by atoms with Crippen LogP contribution in [-0.4, -0.2) is 10.5 Å². The van der Waals surface area contributed by atoms with Crippen LogP contribution in [0.3, 0.4) is 0 Å². The number of nitrogens with one attached hydrogen (secondary N) is 1. The number of aryl methyl sites for hydroxylation is 1. The summed E-state index contributed by atoms with van der Waals surface area (Å²) in [6, 6.07) is 6.42. The smallest absolute Gasteiger partial charge is 0.0468 e. The zero-order valence-electron chi connectivity index (χ0n) is 9.09. The van der Waals surface area contributed by atoms with Gasteiger partial charge in [-0.25, -0.2) is 0 Å². The van der Waals surface area contributed by atoms with E-state index in [9.17, 15) is 0 Å². The van der Waals surface area contributed by atoms with Crippen LogP contribution in [0, 0.1) is 0 Å². The van der Waals surface area contributed by atoms with Gasteiger partial charge in [-0.1, -0.05) is 12.1 Å². The summed E-state index contributed by atoms with van der Waals surface area (Å²) in [5.74, 6) is 0. The molecule has 0 bridgehead atoms. The monoisotopic (exact) mass is 278 g/mol. The van der Waals surface area contributed by atoms with Crippen LogP contribution < -0.4 is 5.73 Å². The SMILES string of the molecule is NC1(CCc2cccc3[nH]cc(Br)c23)CC1. The molecular formula is C13H15BrN2. The molecule has 1 aromatic carbocycles. The molecule has 3 heteroatoms. The summed E-state index contributed by atoms with van der Waals surface area (Å²) in [4.78, 5) is 3.26. The fourth-order valence-corrected chi connectivity index (χ4v) is 2.80. The molecule has 1 saturated carbocycles. The molecule has 84 valence electrons. The first-order valence-corrected chi connectivity index (χ1v) is 6.51. The Labute approximate surface area is 103 Å². The average molecular weight is 279 g/mol. The zero-order valence-corrected chi connectivity index (χ0v) is 10.7. The molecule has 0 radical (unpaired) electrons. The molecule has 0 amide bonds. The quantitative estimate of drug-likeness (QED) is 0.888. The molecule has 3 rings (SSSR count). The largest absolute Gasteiger partial charge is 0.360 e. The van der Waals surface area contributed by atoms with Crippen LogP contribution in [0.25, 0.3) is 10.9 Å². The number of aromatic amines is 1. The van der Waals surface area contributed by atoms with E-state index in [4.69, 9.17) is 5.73 Å². The first kappa shape index (κ1) is 10.4. The van der Waals surface area contributed by atoms with Crippen LogP contribution in [-0.2, 0) is 6.42 Å². The number of fused-ring (bicyclic) bond motifs is 1. The second-order valence-corrected chi connectivity index (χ2v) is 5.69. The van der Waals surface area contributed by atoms with E-state index in [-0.39, 0.29) is 5.54 Å². The second kappa shape index (κ2) is 3.60. The second-order valence-electron chi connectivity index (χ2n) is 4.84. The number of H-pyrrole nitrogens is 1. The number of aromatic nitrogens is 1. The van der Waals surface area contributed by atoms with Crippen LogP contribution in [0.2, 0.25) is 0 Å².